The summed E-state index contributed by atoms with van der Waals surface area (Å²) in [6, 6.07) is 23.6. The Morgan fingerprint density at radius 3 is 1.63 bits per heavy atom. The van der Waals surface area contributed by atoms with Crippen LogP contribution in [-0.2, 0) is 37.1 Å². The van der Waals surface area contributed by atoms with Gasteiger partial charge in [-0.2, -0.15) is 13.2 Å². The van der Waals surface area contributed by atoms with E-state index in [2.05, 4.69) is 42.2 Å². The topological polar surface area (TPSA) is 314 Å². The molecule has 0 aliphatic carbocycles. The SMILES string of the molecule is NCCNC(=O)CCC(=O)NCCNC(=O)NC(N)=NCCC[C@@H](NC(=O)C(c1ccccc1)c1ccccc1)C(=O)NCc1ccc(CNC(N)=O)cc1.O=C(O)C(F)(F)F. The number of carboxylic acid groups (broad SMARTS) is 1. The van der Waals surface area contributed by atoms with Crippen molar-refractivity contribution in [1.82, 2.24) is 37.2 Å². The van der Waals surface area contributed by atoms with Crippen molar-refractivity contribution in [2.24, 2.45) is 22.2 Å². The highest BCUT2D eigenvalue weighted by atomic mass is 19.4. The molecule has 3 aromatic rings. The van der Waals surface area contributed by atoms with E-state index in [0.717, 1.165) is 22.3 Å². The molecule has 62 heavy (non-hydrogen) atoms. The zero-order chi connectivity index (χ0) is 45.9. The van der Waals surface area contributed by atoms with E-state index in [4.69, 9.17) is 27.1 Å². The molecular weight excluding hydrogens is 820 g/mol. The summed E-state index contributed by atoms with van der Waals surface area (Å²) in [4.78, 5) is 87.3. The normalized spacial score (nSPS) is 11.5. The zero-order valence-corrected chi connectivity index (χ0v) is 33.6. The monoisotopic (exact) mass is 871 g/mol. The van der Waals surface area contributed by atoms with Gasteiger partial charge >= 0.3 is 24.2 Å². The van der Waals surface area contributed by atoms with Crippen molar-refractivity contribution < 1.29 is 51.8 Å². The molecule has 0 fully saturated rings. The van der Waals surface area contributed by atoms with Gasteiger partial charge in [-0.05, 0) is 35.1 Å². The summed E-state index contributed by atoms with van der Waals surface area (Å²) in [6.45, 7) is 1.49. The molecule has 3 rings (SSSR count). The molecule has 0 unspecified atom stereocenters. The minimum Gasteiger partial charge on any atom is -0.475 e. The number of halogens is 3. The number of carbonyl (C=O) groups is 7. The predicted molar refractivity (Wildman–Crippen MR) is 222 cm³/mol. The standard InChI is InChI=1S/C38H51N11O6.C2HF3O2/c39-19-21-42-31(50)17-18-32(51)43-22-23-45-38(55)49-36(40)44-20-7-12-30(34(52)46-24-26-13-15-27(16-14-26)25-47-37(41)54)48-35(53)33(28-8-3-1-4-9-28)29-10-5-2-6-11-29;3-2(4,5)1(6)7/h1-6,8-11,13-16,30,33H,7,12,17-25,39H2,(H,42,50)(H,43,51)(H,46,52)(H,48,53)(H3,41,47,54)(H4,40,44,45,49,55);(H,6,7)/t30-;/m1./s1. The molecule has 22 heteroatoms. The van der Waals surface area contributed by atoms with Crippen molar-refractivity contribution in [3.63, 3.8) is 0 Å². The Balaban J connectivity index is 0.00000173. The maximum atomic E-state index is 13.9. The lowest BCUT2D eigenvalue weighted by Crippen LogP contribution is -2.48. The maximum absolute atomic E-state index is 13.9. The lowest BCUT2D eigenvalue weighted by molar-refractivity contribution is -0.192. The van der Waals surface area contributed by atoms with Crippen LogP contribution in [0.5, 0.6) is 0 Å². The molecule has 0 saturated heterocycles. The van der Waals surface area contributed by atoms with Gasteiger partial charge in [0, 0.05) is 58.7 Å². The van der Waals surface area contributed by atoms with E-state index in [0.29, 0.717) is 19.5 Å². The number of alkyl halides is 3. The van der Waals surface area contributed by atoms with E-state index in [-0.39, 0.29) is 75.7 Å². The van der Waals surface area contributed by atoms with Gasteiger partial charge in [0.15, 0.2) is 5.96 Å². The third kappa shape index (κ3) is 21.2. The van der Waals surface area contributed by atoms with Crippen molar-refractivity contribution in [2.45, 2.75) is 56.9 Å². The van der Waals surface area contributed by atoms with E-state index in [1.807, 2.05) is 84.9 Å². The second-order valence-corrected chi connectivity index (χ2v) is 13.1. The van der Waals surface area contributed by atoms with Gasteiger partial charge in [0.05, 0.1) is 5.92 Å². The van der Waals surface area contributed by atoms with E-state index >= 15 is 0 Å². The molecule has 0 aromatic heterocycles. The molecule has 19 nitrogen and oxygen atoms in total. The van der Waals surface area contributed by atoms with E-state index < -0.39 is 42.1 Å². The number of hydrogen-bond donors (Lipinski definition) is 11. The summed E-state index contributed by atoms with van der Waals surface area (Å²) in [7, 11) is 0. The number of aliphatic imine (C=N–C) groups is 1. The number of rotatable bonds is 21. The van der Waals surface area contributed by atoms with Gasteiger partial charge in [-0.1, -0.05) is 84.9 Å². The first-order valence-electron chi connectivity index (χ1n) is 19.2. The van der Waals surface area contributed by atoms with Gasteiger partial charge in [0.25, 0.3) is 0 Å². The fourth-order valence-electron chi connectivity index (χ4n) is 5.27. The highest BCUT2D eigenvalue weighted by Gasteiger charge is 2.38. The highest BCUT2D eigenvalue weighted by Crippen LogP contribution is 2.25. The Bertz CT molecular complexity index is 1900. The number of nitrogens with two attached hydrogens (primary N) is 3. The Morgan fingerprint density at radius 2 is 1.15 bits per heavy atom. The van der Waals surface area contributed by atoms with Crippen LogP contribution < -0.4 is 54.4 Å². The van der Waals surface area contributed by atoms with Gasteiger partial charge in [0.1, 0.15) is 6.04 Å². The average molecular weight is 872 g/mol. The summed E-state index contributed by atoms with van der Waals surface area (Å²) >= 11 is 0. The molecule has 8 amide bonds. The van der Waals surface area contributed by atoms with Gasteiger partial charge in [-0.15, -0.1) is 0 Å². The number of urea groups is 2. The van der Waals surface area contributed by atoms with Crippen molar-refractivity contribution >= 4 is 47.6 Å². The third-order valence-corrected chi connectivity index (χ3v) is 8.31. The van der Waals surface area contributed by atoms with E-state index in [1.54, 1.807) is 0 Å². The molecule has 0 bridgehead atoms. The molecule has 336 valence electrons. The fourth-order valence-corrected chi connectivity index (χ4v) is 5.27. The lowest BCUT2D eigenvalue weighted by Gasteiger charge is -2.23. The van der Waals surface area contributed by atoms with Crippen LogP contribution >= 0.6 is 0 Å². The first-order valence-corrected chi connectivity index (χ1v) is 19.2. The first kappa shape index (κ1) is 50.9. The Morgan fingerprint density at radius 1 is 0.661 bits per heavy atom. The van der Waals surface area contributed by atoms with Crippen molar-refractivity contribution in [2.75, 3.05) is 32.7 Å². The Kier molecular flexibility index (Phi) is 22.6. The Hall–Kier alpha value is -7.23. The summed E-state index contributed by atoms with van der Waals surface area (Å²) in [6.07, 6.45) is -4.51. The maximum Gasteiger partial charge on any atom is 0.490 e. The number of aliphatic carboxylic acids is 1. The number of amides is 8. The number of guanidine groups is 1. The van der Waals surface area contributed by atoms with Crippen LogP contribution in [0.15, 0.2) is 89.9 Å². The number of nitrogens with one attached hydrogen (secondary N) is 7. The number of primary amides is 1. The summed E-state index contributed by atoms with van der Waals surface area (Å²) in [5.41, 5.74) is 19.5. The summed E-state index contributed by atoms with van der Waals surface area (Å²) in [5.74, 6) is -4.94. The molecule has 3 aromatic carbocycles. The largest absolute Gasteiger partial charge is 0.490 e. The first-order chi connectivity index (χ1) is 29.5. The fraction of sp³-hybridized carbons (Fsp3) is 0.350. The van der Waals surface area contributed by atoms with E-state index in [9.17, 15) is 41.9 Å². The molecule has 0 aliphatic heterocycles. The minimum absolute atomic E-state index is 0.00171. The number of nitrogens with zero attached hydrogens (tertiary/aromatic N) is 1. The molecule has 0 heterocycles. The van der Waals surface area contributed by atoms with Crippen molar-refractivity contribution in [3.05, 3.63) is 107 Å². The lowest BCUT2D eigenvalue weighted by atomic mass is 9.90. The minimum atomic E-state index is -5.08. The molecular formula is C40H52F3N11O8. The molecule has 14 N–H and O–H groups in total. The zero-order valence-electron chi connectivity index (χ0n) is 33.6. The van der Waals surface area contributed by atoms with Crippen LogP contribution in [0.1, 0.15) is 53.9 Å². The average Bonchev–Trinajstić information content (AvgIpc) is 3.24. The number of carbonyl (C=O) groups excluding carboxylic acids is 6. The van der Waals surface area contributed by atoms with Crippen LogP contribution in [-0.4, -0.2) is 97.7 Å². The van der Waals surface area contributed by atoms with Crippen molar-refractivity contribution in [1.29, 1.82) is 0 Å². The van der Waals surface area contributed by atoms with Crippen LogP contribution in [0.25, 0.3) is 0 Å². The molecule has 0 aliphatic rings. The number of hydrogen-bond acceptors (Lipinski definition) is 9. The second kappa shape index (κ2) is 27.5. The highest BCUT2D eigenvalue weighted by molar-refractivity contribution is 5.95. The van der Waals surface area contributed by atoms with Crippen LogP contribution in [0.4, 0.5) is 22.8 Å². The van der Waals surface area contributed by atoms with Gasteiger partial charge < -0.3 is 54.2 Å². The van der Waals surface area contributed by atoms with Gasteiger partial charge in [-0.3, -0.25) is 29.5 Å². The number of benzene rings is 3. The third-order valence-electron chi connectivity index (χ3n) is 8.31. The molecule has 1 atom stereocenters. The van der Waals surface area contributed by atoms with Crippen LogP contribution in [0, 0.1) is 0 Å². The summed E-state index contributed by atoms with van der Waals surface area (Å²) in [5, 5.41) is 25.6. The van der Waals surface area contributed by atoms with Crippen molar-refractivity contribution in [3.8, 4) is 0 Å². The Labute approximate surface area is 355 Å². The molecule has 0 saturated carbocycles. The van der Waals surface area contributed by atoms with Crippen LogP contribution in [0.2, 0.25) is 0 Å². The van der Waals surface area contributed by atoms with Gasteiger partial charge in [0.2, 0.25) is 23.6 Å². The second-order valence-electron chi connectivity index (χ2n) is 13.1. The smallest absolute Gasteiger partial charge is 0.475 e. The van der Waals surface area contributed by atoms with Crippen LogP contribution in [0.3, 0.4) is 0 Å². The summed E-state index contributed by atoms with van der Waals surface area (Å²) < 4.78 is 31.7. The van der Waals surface area contributed by atoms with Gasteiger partial charge in [-0.25, -0.2) is 14.4 Å². The molecule has 0 spiro atoms. The van der Waals surface area contributed by atoms with E-state index in [1.165, 1.54) is 0 Å². The number of carboxylic acids is 1. The molecule has 0 radical (unpaired) electrons. The quantitative estimate of drug-likeness (QED) is 0.0406. The predicted octanol–water partition coefficient (Wildman–Crippen LogP) is 0.787.